The van der Waals surface area contributed by atoms with E-state index < -0.39 is 0 Å². The highest BCUT2D eigenvalue weighted by molar-refractivity contribution is 7.14. The van der Waals surface area contributed by atoms with E-state index in [1.54, 1.807) is 24.3 Å². The van der Waals surface area contributed by atoms with Crippen molar-refractivity contribution < 1.29 is 9.53 Å². The molecule has 1 aliphatic rings. The maximum Gasteiger partial charge on any atom is 0.184 e. The van der Waals surface area contributed by atoms with Gasteiger partial charge in [0, 0.05) is 31.3 Å². The fourth-order valence-electron chi connectivity index (χ4n) is 3.64. The standard InChI is InChI=1S/C23H23N7O2S/c1-13-27-28-23(33-13)17-11-24-15(10-20(31)14-7-8-14)9-19(17)26-18-6-4-5-16(21(18)32-3)22-25-12-30(2)29-22/h4-6,9,11-12,14H,7-8,10H2,1-3H3,(H,24,26). The highest BCUT2D eigenvalue weighted by Crippen LogP contribution is 2.39. The summed E-state index contributed by atoms with van der Waals surface area (Å²) in [6, 6.07) is 7.68. The number of pyridine rings is 1. The van der Waals surface area contributed by atoms with Gasteiger partial charge in [0.1, 0.15) is 17.1 Å². The first-order valence-corrected chi connectivity index (χ1v) is 11.5. The van der Waals surface area contributed by atoms with E-state index in [0.29, 0.717) is 18.0 Å². The second kappa shape index (κ2) is 8.70. The number of ketones is 1. The van der Waals surface area contributed by atoms with Gasteiger partial charge in [0.25, 0.3) is 0 Å². The summed E-state index contributed by atoms with van der Waals surface area (Å²) in [7, 11) is 3.44. The highest BCUT2D eigenvalue weighted by Gasteiger charge is 2.29. The van der Waals surface area contributed by atoms with Gasteiger partial charge in [-0.1, -0.05) is 17.4 Å². The van der Waals surface area contributed by atoms with Crippen LogP contribution in [0.2, 0.25) is 0 Å². The maximum absolute atomic E-state index is 12.4. The molecule has 1 fully saturated rings. The van der Waals surface area contributed by atoms with Crippen molar-refractivity contribution in [3.63, 3.8) is 0 Å². The van der Waals surface area contributed by atoms with Crippen LogP contribution in [0.5, 0.6) is 5.75 Å². The van der Waals surface area contributed by atoms with Crippen LogP contribution in [-0.2, 0) is 18.3 Å². The lowest BCUT2D eigenvalue weighted by atomic mass is 10.1. The van der Waals surface area contributed by atoms with Crippen molar-refractivity contribution in [2.24, 2.45) is 13.0 Å². The Kier molecular flexibility index (Phi) is 5.59. The van der Waals surface area contributed by atoms with Crippen molar-refractivity contribution in [1.82, 2.24) is 29.9 Å². The van der Waals surface area contributed by atoms with Crippen LogP contribution in [0.3, 0.4) is 0 Å². The van der Waals surface area contributed by atoms with Crippen molar-refractivity contribution >= 4 is 28.5 Å². The molecule has 0 radical (unpaired) electrons. The lowest BCUT2D eigenvalue weighted by Gasteiger charge is -2.16. The molecule has 0 spiro atoms. The first kappa shape index (κ1) is 21.2. The van der Waals surface area contributed by atoms with Crippen molar-refractivity contribution in [1.29, 1.82) is 0 Å². The second-order valence-electron chi connectivity index (χ2n) is 8.02. The zero-order valence-corrected chi connectivity index (χ0v) is 19.4. The lowest BCUT2D eigenvalue weighted by Crippen LogP contribution is -2.07. The summed E-state index contributed by atoms with van der Waals surface area (Å²) >= 11 is 1.49. The predicted octanol–water partition coefficient (Wildman–Crippen LogP) is 3.98. The molecule has 5 rings (SSSR count). The van der Waals surface area contributed by atoms with E-state index in [-0.39, 0.29) is 11.7 Å². The quantitative estimate of drug-likeness (QED) is 0.420. The van der Waals surface area contributed by atoms with Gasteiger partial charge in [-0.05, 0) is 38.0 Å². The van der Waals surface area contributed by atoms with Gasteiger partial charge >= 0.3 is 0 Å². The Morgan fingerprint density at radius 3 is 2.73 bits per heavy atom. The predicted molar refractivity (Wildman–Crippen MR) is 126 cm³/mol. The van der Waals surface area contributed by atoms with Gasteiger partial charge in [0.15, 0.2) is 16.6 Å². The van der Waals surface area contributed by atoms with E-state index in [1.165, 1.54) is 11.3 Å². The molecule has 0 amide bonds. The number of nitrogens with one attached hydrogen (secondary N) is 1. The molecule has 0 bridgehead atoms. The molecule has 0 saturated heterocycles. The van der Waals surface area contributed by atoms with Gasteiger partial charge in [0.05, 0.1) is 29.6 Å². The summed E-state index contributed by atoms with van der Waals surface area (Å²) in [5.74, 6) is 1.63. The Balaban J connectivity index is 1.55. The van der Waals surface area contributed by atoms with Gasteiger partial charge in [-0.3, -0.25) is 14.5 Å². The Bertz CT molecular complexity index is 1330. The average Bonchev–Trinajstić information content (AvgIpc) is 3.44. The van der Waals surface area contributed by atoms with Gasteiger partial charge in [-0.25, -0.2) is 4.98 Å². The summed E-state index contributed by atoms with van der Waals surface area (Å²) in [6.45, 7) is 1.91. The molecular formula is C23H23N7O2S. The van der Waals surface area contributed by atoms with Gasteiger partial charge in [-0.2, -0.15) is 5.10 Å². The molecule has 1 aromatic carbocycles. The minimum Gasteiger partial charge on any atom is -0.494 e. The van der Waals surface area contributed by atoms with E-state index in [0.717, 1.165) is 51.1 Å². The SMILES string of the molecule is COc1c(Nc2cc(CC(=O)C3CC3)ncc2-c2nnc(C)s2)cccc1-c1ncn(C)n1. The minimum atomic E-state index is 0.191. The molecule has 1 N–H and O–H groups in total. The monoisotopic (exact) mass is 461 g/mol. The van der Waals surface area contributed by atoms with Crippen molar-refractivity contribution in [3.05, 3.63) is 47.5 Å². The fourth-order valence-corrected chi connectivity index (χ4v) is 4.36. The molecule has 0 aliphatic heterocycles. The number of aromatic nitrogens is 6. The van der Waals surface area contributed by atoms with Crippen LogP contribution in [0.15, 0.2) is 36.8 Å². The van der Waals surface area contributed by atoms with Gasteiger partial charge in [0.2, 0.25) is 0 Å². The molecule has 1 aliphatic carbocycles. The van der Waals surface area contributed by atoms with Crippen LogP contribution in [0.1, 0.15) is 23.5 Å². The van der Waals surface area contributed by atoms with E-state index in [9.17, 15) is 4.79 Å². The minimum absolute atomic E-state index is 0.191. The number of hydrogen-bond acceptors (Lipinski definition) is 9. The fraction of sp³-hybridized carbons (Fsp3) is 0.304. The van der Waals surface area contributed by atoms with Crippen LogP contribution in [0.25, 0.3) is 22.0 Å². The van der Waals surface area contributed by atoms with Crippen molar-refractivity contribution in [2.45, 2.75) is 26.2 Å². The van der Waals surface area contributed by atoms with Crippen molar-refractivity contribution in [2.75, 3.05) is 12.4 Å². The Labute approximate surface area is 194 Å². The molecule has 1 saturated carbocycles. The largest absolute Gasteiger partial charge is 0.494 e. The number of carbonyl (C=O) groups excluding carboxylic acids is 1. The number of aryl methyl sites for hydroxylation is 2. The zero-order valence-electron chi connectivity index (χ0n) is 18.6. The summed E-state index contributed by atoms with van der Waals surface area (Å²) in [5.41, 5.74) is 3.84. The highest BCUT2D eigenvalue weighted by atomic mass is 32.1. The summed E-state index contributed by atoms with van der Waals surface area (Å²) in [4.78, 5) is 21.3. The number of hydrogen-bond donors (Lipinski definition) is 1. The topological polar surface area (TPSA) is 108 Å². The number of para-hydroxylation sites is 1. The number of anilines is 2. The molecule has 33 heavy (non-hydrogen) atoms. The Hall–Kier alpha value is -3.66. The van der Waals surface area contributed by atoms with Crippen LogP contribution in [-0.4, -0.2) is 42.8 Å². The first-order valence-electron chi connectivity index (χ1n) is 10.6. The molecule has 9 nitrogen and oxygen atoms in total. The first-order chi connectivity index (χ1) is 16.0. The smallest absolute Gasteiger partial charge is 0.184 e. The van der Waals surface area contributed by atoms with Crippen LogP contribution in [0, 0.1) is 12.8 Å². The molecule has 0 unspecified atom stereocenters. The third-order valence-corrected chi connectivity index (χ3v) is 6.31. The number of rotatable bonds is 8. The maximum atomic E-state index is 12.4. The zero-order chi connectivity index (χ0) is 22.9. The van der Waals surface area contributed by atoms with E-state index in [2.05, 4.69) is 30.6 Å². The van der Waals surface area contributed by atoms with Crippen LogP contribution in [0.4, 0.5) is 11.4 Å². The van der Waals surface area contributed by atoms with Crippen molar-refractivity contribution in [3.8, 4) is 27.7 Å². The lowest BCUT2D eigenvalue weighted by molar-refractivity contribution is -0.119. The van der Waals surface area contributed by atoms with E-state index >= 15 is 0 Å². The Morgan fingerprint density at radius 1 is 1.21 bits per heavy atom. The summed E-state index contributed by atoms with van der Waals surface area (Å²) < 4.78 is 7.40. The number of benzene rings is 1. The normalized spacial score (nSPS) is 13.2. The second-order valence-corrected chi connectivity index (χ2v) is 9.20. The average molecular weight is 462 g/mol. The molecule has 4 aromatic rings. The van der Waals surface area contributed by atoms with Crippen LogP contribution < -0.4 is 10.1 Å². The number of methoxy groups -OCH3 is 1. The number of nitrogens with zero attached hydrogens (tertiary/aromatic N) is 6. The number of ether oxygens (including phenoxy) is 1. The summed E-state index contributed by atoms with van der Waals surface area (Å²) in [6.07, 6.45) is 5.70. The molecule has 3 heterocycles. The number of Topliss-reactive ketones (excluding diaryl/α,β-unsaturated/α-hetero) is 1. The van der Waals surface area contributed by atoms with E-state index in [1.807, 2.05) is 38.2 Å². The third kappa shape index (κ3) is 4.47. The van der Waals surface area contributed by atoms with Crippen LogP contribution >= 0.6 is 11.3 Å². The Morgan fingerprint density at radius 2 is 2.06 bits per heavy atom. The molecular weight excluding hydrogens is 438 g/mol. The number of carbonyl (C=O) groups is 1. The van der Waals surface area contributed by atoms with Gasteiger partial charge in [-0.15, -0.1) is 10.2 Å². The van der Waals surface area contributed by atoms with E-state index in [4.69, 9.17) is 4.74 Å². The summed E-state index contributed by atoms with van der Waals surface area (Å²) in [5, 5.41) is 17.9. The third-order valence-electron chi connectivity index (χ3n) is 5.43. The van der Waals surface area contributed by atoms with Gasteiger partial charge < -0.3 is 10.1 Å². The molecule has 168 valence electrons. The molecule has 3 aromatic heterocycles. The molecule has 10 heteroatoms. The molecule has 0 atom stereocenters.